The number of carbonyl (C=O) groups is 2. The van der Waals surface area contributed by atoms with E-state index in [1.54, 1.807) is 12.1 Å². The van der Waals surface area contributed by atoms with Gasteiger partial charge in [-0.3, -0.25) is 9.59 Å². The van der Waals surface area contributed by atoms with E-state index in [2.05, 4.69) is 0 Å². The van der Waals surface area contributed by atoms with Gasteiger partial charge in [-0.05, 0) is 6.08 Å². The minimum absolute atomic E-state index is 0.0276. The summed E-state index contributed by atoms with van der Waals surface area (Å²) < 4.78 is 0. The van der Waals surface area contributed by atoms with E-state index in [0.717, 1.165) is 0 Å². The number of allylic oxidation sites excluding steroid dienone is 2. The number of Topliss-reactive ketones (excluding diaryl/α,β-unsaturated/α-hetero) is 1. The van der Waals surface area contributed by atoms with Crippen molar-refractivity contribution < 1.29 is 9.59 Å². The van der Waals surface area contributed by atoms with E-state index in [1.807, 2.05) is 18.2 Å². The van der Waals surface area contributed by atoms with Gasteiger partial charge in [-0.25, -0.2) is 0 Å². The van der Waals surface area contributed by atoms with E-state index < -0.39 is 0 Å². The average molecular weight is 172 g/mol. The van der Waals surface area contributed by atoms with Crippen LogP contribution in [0.1, 0.15) is 16.8 Å². The van der Waals surface area contributed by atoms with E-state index >= 15 is 0 Å². The van der Waals surface area contributed by atoms with Crippen molar-refractivity contribution in [3.63, 3.8) is 0 Å². The van der Waals surface area contributed by atoms with Crippen molar-refractivity contribution in [1.82, 2.24) is 0 Å². The fourth-order valence-corrected chi connectivity index (χ4v) is 1.27. The van der Waals surface area contributed by atoms with Crippen molar-refractivity contribution in [2.45, 2.75) is 6.42 Å². The van der Waals surface area contributed by atoms with Crippen LogP contribution in [-0.2, 0) is 4.79 Å². The summed E-state index contributed by atoms with van der Waals surface area (Å²) in [4.78, 5) is 22.2. The fraction of sp³-hybridized carbons (Fsp3) is 0.0909. The standard InChI is InChI=1S/C11H8O2/c12-10-6-9(7-10)11(13)8-4-2-1-3-5-8/h1-6H,7H2. The number of hydrogen-bond acceptors (Lipinski definition) is 2. The first kappa shape index (κ1) is 7.92. The van der Waals surface area contributed by atoms with E-state index in [9.17, 15) is 9.59 Å². The van der Waals surface area contributed by atoms with Crippen LogP contribution in [0.2, 0.25) is 0 Å². The van der Waals surface area contributed by atoms with Gasteiger partial charge in [0.05, 0.1) is 0 Å². The number of hydrogen-bond donors (Lipinski definition) is 0. The van der Waals surface area contributed by atoms with Crippen molar-refractivity contribution >= 4 is 11.6 Å². The summed E-state index contributed by atoms with van der Waals surface area (Å²) in [5, 5.41) is 0. The van der Waals surface area contributed by atoms with E-state index in [0.29, 0.717) is 17.6 Å². The quantitative estimate of drug-likeness (QED) is 0.637. The Morgan fingerprint density at radius 1 is 1.15 bits per heavy atom. The molecule has 64 valence electrons. The highest BCUT2D eigenvalue weighted by molar-refractivity contribution is 6.19. The third kappa shape index (κ3) is 1.43. The molecule has 2 rings (SSSR count). The average Bonchev–Trinajstić information content (AvgIpc) is 2.13. The molecule has 0 N–H and O–H groups in total. The maximum absolute atomic E-state index is 11.6. The summed E-state index contributed by atoms with van der Waals surface area (Å²) in [5.41, 5.74) is 1.28. The maximum atomic E-state index is 11.6. The normalized spacial score (nSPS) is 14.8. The molecule has 0 radical (unpaired) electrons. The van der Waals surface area contributed by atoms with Gasteiger partial charge >= 0.3 is 0 Å². The maximum Gasteiger partial charge on any atom is 0.189 e. The summed E-state index contributed by atoms with van der Waals surface area (Å²) >= 11 is 0. The molecule has 2 nitrogen and oxygen atoms in total. The van der Waals surface area contributed by atoms with Crippen LogP contribution in [-0.4, -0.2) is 11.6 Å². The zero-order valence-electron chi connectivity index (χ0n) is 6.99. The lowest BCUT2D eigenvalue weighted by molar-refractivity contribution is -0.115. The van der Waals surface area contributed by atoms with Crippen molar-refractivity contribution in [2.75, 3.05) is 0 Å². The minimum Gasteiger partial charge on any atom is -0.294 e. The Balaban J connectivity index is 2.25. The highest BCUT2D eigenvalue weighted by atomic mass is 16.1. The first-order chi connectivity index (χ1) is 6.27. The number of benzene rings is 1. The van der Waals surface area contributed by atoms with Gasteiger partial charge in [-0.1, -0.05) is 30.3 Å². The summed E-state index contributed by atoms with van der Waals surface area (Å²) in [5.74, 6) is 0.0134. The number of rotatable bonds is 2. The van der Waals surface area contributed by atoms with E-state index in [-0.39, 0.29) is 11.6 Å². The second-order valence-corrected chi connectivity index (χ2v) is 3.01. The van der Waals surface area contributed by atoms with Gasteiger partial charge in [0.2, 0.25) is 0 Å². The third-order valence-corrected chi connectivity index (χ3v) is 2.03. The molecule has 1 aromatic rings. The Labute approximate surface area is 75.9 Å². The van der Waals surface area contributed by atoms with Crippen molar-refractivity contribution in [3.05, 3.63) is 47.5 Å². The molecule has 0 saturated carbocycles. The lowest BCUT2D eigenvalue weighted by Gasteiger charge is -2.11. The molecule has 1 aliphatic carbocycles. The van der Waals surface area contributed by atoms with Crippen LogP contribution in [0.15, 0.2) is 42.0 Å². The molecule has 2 heteroatoms. The monoisotopic (exact) mass is 172 g/mol. The Bertz CT molecular complexity index is 388. The lowest BCUT2D eigenvalue weighted by Crippen LogP contribution is -2.16. The first-order valence-corrected chi connectivity index (χ1v) is 4.10. The van der Waals surface area contributed by atoms with Gasteiger partial charge in [-0.15, -0.1) is 0 Å². The van der Waals surface area contributed by atoms with Crippen LogP contribution in [0.25, 0.3) is 0 Å². The Kier molecular flexibility index (Phi) is 1.81. The van der Waals surface area contributed by atoms with Gasteiger partial charge in [0.15, 0.2) is 11.6 Å². The number of ketones is 2. The highest BCUT2D eigenvalue weighted by Gasteiger charge is 2.22. The minimum atomic E-state index is -0.0276. The molecule has 0 unspecified atom stereocenters. The van der Waals surface area contributed by atoms with Crippen LogP contribution >= 0.6 is 0 Å². The lowest BCUT2D eigenvalue weighted by atomic mass is 9.90. The Morgan fingerprint density at radius 2 is 1.77 bits per heavy atom. The fourth-order valence-electron chi connectivity index (χ4n) is 1.27. The van der Waals surface area contributed by atoms with E-state index in [1.165, 1.54) is 6.08 Å². The number of carbonyl (C=O) groups excluding carboxylic acids is 2. The largest absolute Gasteiger partial charge is 0.294 e. The molecule has 0 aromatic heterocycles. The van der Waals surface area contributed by atoms with E-state index in [4.69, 9.17) is 0 Å². The predicted octanol–water partition coefficient (Wildman–Crippen LogP) is 1.77. The molecule has 0 fully saturated rings. The van der Waals surface area contributed by atoms with Gasteiger partial charge in [0.25, 0.3) is 0 Å². The predicted molar refractivity (Wildman–Crippen MR) is 48.5 cm³/mol. The third-order valence-electron chi connectivity index (χ3n) is 2.03. The van der Waals surface area contributed by atoms with Crippen molar-refractivity contribution in [3.8, 4) is 0 Å². The topological polar surface area (TPSA) is 34.1 Å². The van der Waals surface area contributed by atoms with Gasteiger partial charge in [0.1, 0.15) is 0 Å². The zero-order chi connectivity index (χ0) is 9.26. The molecule has 13 heavy (non-hydrogen) atoms. The SMILES string of the molecule is O=C1C=C(C(=O)c2ccccc2)C1. The second-order valence-electron chi connectivity index (χ2n) is 3.01. The van der Waals surface area contributed by atoms with Gasteiger partial charge in [0, 0.05) is 17.6 Å². The van der Waals surface area contributed by atoms with Crippen LogP contribution in [0, 0.1) is 0 Å². The van der Waals surface area contributed by atoms with Gasteiger partial charge < -0.3 is 0 Å². The molecule has 1 aliphatic rings. The summed E-state index contributed by atoms with van der Waals surface area (Å²) in [7, 11) is 0. The molecular weight excluding hydrogens is 164 g/mol. The first-order valence-electron chi connectivity index (χ1n) is 4.10. The highest BCUT2D eigenvalue weighted by Crippen LogP contribution is 2.19. The smallest absolute Gasteiger partial charge is 0.189 e. The Hall–Kier alpha value is -1.70. The molecule has 0 aliphatic heterocycles. The van der Waals surface area contributed by atoms with Crippen LogP contribution in [0.3, 0.4) is 0 Å². The molecular formula is C11H8O2. The molecule has 1 aromatic carbocycles. The van der Waals surface area contributed by atoms with Crippen molar-refractivity contribution in [1.29, 1.82) is 0 Å². The van der Waals surface area contributed by atoms with Crippen LogP contribution in [0.5, 0.6) is 0 Å². The van der Waals surface area contributed by atoms with Crippen LogP contribution < -0.4 is 0 Å². The van der Waals surface area contributed by atoms with Crippen LogP contribution in [0.4, 0.5) is 0 Å². The summed E-state index contributed by atoms with van der Waals surface area (Å²) in [6.07, 6.45) is 1.71. The summed E-state index contributed by atoms with van der Waals surface area (Å²) in [6.45, 7) is 0. The molecule has 0 saturated heterocycles. The summed E-state index contributed by atoms with van der Waals surface area (Å²) in [6, 6.07) is 9.00. The molecule has 0 heterocycles. The Morgan fingerprint density at radius 3 is 2.31 bits per heavy atom. The molecule has 0 spiro atoms. The molecule has 0 atom stereocenters. The van der Waals surface area contributed by atoms with Gasteiger partial charge in [-0.2, -0.15) is 0 Å². The molecule has 0 amide bonds. The second kappa shape index (κ2) is 2.98. The van der Waals surface area contributed by atoms with Crippen molar-refractivity contribution in [2.24, 2.45) is 0 Å². The zero-order valence-corrected chi connectivity index (χ0v) is 6.99. The molecule has 0 bridgehead atoms.